The molecule has 8 nitrogen and oxygen atoms in total. The first kappa shape index (κ1) is 25.2. The zero-order valence-electron chi connectivity index (χ0n) is 19.1. The molecule has 12 heteroatoms. The molecule has 0 unspecified atom stereocenters. The van der Waals surface area contributed by atoms with Gasteiger partial charge in [-0.25, -0.2) is 14.8 Å². The van der Waals surface area contributed by atoms with Crippen LogP contribution in [0.5, 0.6) is 0 Å². The van der Waals surface area contributed by atoms with Crippen molar-refractivity contribution >= 4 is 34.2 Å². The molecule has 1 fully saturated rings. The van der Waals surface area contributed by atoms with Gasteiger partial charge in [0.15, 0.2) is 5.13 Å². The summed E-state index contributed by atoms with van der Waals surface area (Å²) in [6.07, 6.45) is -2.00. The minimum absolute atomic E-state index is 0.205. The number of benzene rings is 1. The summed E-state index contributed by atoms with van der Waals surface area (Å²) in [7, 11) is 0. The van der Waals surface area contributed by atoms with Crippen LogP contribution < -0.4 is 16.0 Å². The number of thiazole rings is 1. The van der Waals surface area contributed by atoms with E-state index in [1.165, 1.54) is 11.3 Å². The largest absolute Gasteiger partial charge is 0.416 e. The lowest BCUT2D eigenvalue weighted by atomic mass is 10.0. The molecule has 0 aliphatic carbocycles. The molecule has 0 saturated carbocycles. The third-order valence-electron chi connectivity index (χ3n) is 5.27. The summed E-state index contributed by atoms with van der Waals surface area (Å²) >= 11 is 1.23. The number of piperazine rings is 1. The van der Waals surface area contributed by atoms with Crippen LogP contribution >= 0.6 is 11.3 Å². The van der Waals surface area contributed by atoms with Gasteiger partial charge in [-0.3, -0.25) is 10.1 Å². The number of carbonyl (C=O) groups excluding carboxylic acids is 2. The van der Waals surface area contributed by atoms with E-state index < -0.39 is 17.6 Å². The van der Waals surface area contributed by atoms with Gasteiger partial charge >= 0.3 is 12.2 Å². The van der Waals surface area contributed by atoms with E-state index in [1.807, 2.05) is 6.92 Å². The van der Waals surface area contributed by atoms with Gasteiger partial charge in [-0.05, 0) is 42.7 Å². The first-order valence-corrected chi connectivity index (χ1v) is 11.7. The number of nitrogens with one attached hydrogen (secondary N) is 3. The minimum Gasteiger partial charge on any atom is -0.322 e. The lowest BCUT2D eigenvalue weighted by molar-refractivity contribution is -0.137. The van der Waals surface area contributed by atoms with Crippen LogP contribution in [0.15, 0.2) is 42.7 Å². The van der Waals surface area contributed by atoms with Gasteiger partial charge in [-0.15, -0.1) is 0 Å². The highest BCUT2D eigenvalue weighted by Crippen LogP contribution is 2.30. The Morgan fingerprint density at radius 3 is 2.61 bits per heavy atom. The van der Waals surface area contributed by atoms with Gasteiger partial charge in [0.25, 0.3) is 5.91 Å². The highest BCUT2D eigenvalue weighted by atomic mass is 32.1. The summed E-state index contributed by atoms with van der Waals surface area (Å²) in [4.78, 5) is 35.2. The van der Waals surface area contributed by atoms with E-state index in [4.69, 9.17) is 0 Å². The second-order valence-electron chi connectivity index (χ2n) is 7.86. The monoisotopic (exact) mass is 514 g/mol. The summed E-state index contributed by atoms with van der Waals surface area (Å²) in [6.45, 7) is 4.56. The molecule has 0 radical (unpaired) electrons. The smallest absolute Gasteiger partial charge is 0.322 e. The van der Waals surface area contributed by atoms with Crippen molar-refractivity contribution in [3.8, 4) is 11.8 Å². The lowest BCUT2D eigenvalue weighted by Gasteiger charge is -2.26. The van der Waals surface area contributed by atoms with Crippen molar-refractivity contribution in [2.24, 2.45) is 0 Å². The normalized spacial score (nSPS) is 13.5. The number of alkyl halides is 3. The Morgan fingerprint density at radius 1 is 1.08 bits per heavy atom. The molecular formula is C24H21F3N6O2S. The van der Waals surface area contributed by atoms with Crippen LogP contribution in [-0.4, -0.2) is 53.0 Å². The number of urea groups is 1. The van der Waals surface area contributed by atoms with E-state index >= 15 is 0 Å². The van der Waals surface area contributed by atoms with Crippen molar-refractivity contribution in [3.05, 3.63) is 69.9 Å². The summed E-state index contributed by atoms with van der Waals surface area (Å²) in [5.74, 6) is 5.15. The van der Waals surface area contributed by atoms with Crippen molar-refractivity contribution in [1.29, 1.82) is 0 Å². The topological polar surface area (TPSA) is 99.2 Å². The Hall–Kier alpha value is -3.95. The quantitative estimate of drug-likeness (QED) is 0.460. The number of aromatic nitrogens is 2. The van der Waals surface area contributed by atoms with Crippen LogP contribution in [0.2, 0.25) is 0 Å². The fourth-order valence-electron chi connectivity index (χ4n) is 3.32. The highest BCUT2D eigenvalue weighted by Gasteiger charge is 2.30. The molecule has 3 N–H and O–H groups in total. The molecule has 3 heterocycles. The molecule has 0 spiro atoms. The Morgan fingerprint density at radius 2 is 1.86 bits per heavy atom. The van der Waals surface area contributed by atoms with E-state index in [1.54, 1.807) is 29.3 Å². The van der Waals surface area contributed by atoms with Crippen molar-refractivity contribution < 1.29 is 22.8 Å². The molecule has 3 aromatic rings. The molecule has 0 atom stereocenters. The molecule has 36 heavy (non-hydrogen) atoms. The number of rotatable bonds is 3. The molecule has 2 aromatic heterocycles. The summed E-state index contributed by atoms with van der Waals surface area (Å²) in [6, 6.07) is 6.20. The third kappa shape index (κ3) is 6.38. The van der Waals surface area contributed by atoms with Crippen LogP contribution in [0.25, 0.3) is 0 Å². The first-order chi connectivity index (χ1) is 17.2. The predicted molar refractivity (Wildman–Crippen MR) is 130 cm³/mol. The zero-order valence-corrected chi connectivity index (χ0v) is 19.9. The van der Waals surface area contributed by atoms with Gasteiger partial charge in [0, 0.05) is 43.5 Å². The molecule has 4 rings (SSSR count). The first-order valence-electron chi connectivity index (χ1n) is 10.9. The SMILES string of the molecule is Cc1ccc(C(=O)Nc2cc(C(F)(F)F)ccn2)cc1C#Cc1cnc(NC(=O)N2CCNCC2)s1. The number of carbonyl (C=O) groups is 2. The van der Waals surface area contributed by atoms with Gasteiger partial charge in [0.2, 0.25) is 0 Å². The van der Waals surface area contributed by atoms with E-state index in [0.717, 1.165) is 37.0 Å². The van der Waals surface area contributed by atoms with Crippen LogP contribution in [0.4, 0.5) is 28.9 Å². The summed E-state index contributed by atoms with van der Waals surface area (Å²) in [5.41, 5.74) is 0.696. The van der Waals surface area contributed by atoms with Crippen molar-refractivity contribution in [2.45, 2.75) is 13.1 Å². The maximum Gasteiger partial charge on any atom is 0.416 e. The average Bonchev–Trinajstić information content (AvgIpc) is 3.30. The molecule has 0 bridgehead atoms. The van der Waals surface area contributed by atoms with Gasteiger partial charge in [0.05, 0.1) is 16.6 Å². The third-order valence-corrected chi connectivity index (χ3v) is 6.10. The van der Waals surface area contributed by atoms with Crippen LogP contribution in [0, 0.1) is 18.8 Å². The van der Waals surface area contributed by atoms with E-state index in [0.29, 0.717) is 28.7 Å². The second-order valence-corrected chi connectivity index (χ2v) is 8.89. The van der Waals surface area contributed by atoms with Crippen LogP contribution in [0.3, 0.4) is 0 Å². The van der Waals surface area contributed by atoms with E-state index in [-0.39, 0.29) is 17.4 Å². The number of hydrogen-bond donors (Lipinski definition) is 3. The van der Waals surface area contributed by atoms with Gasteiger partial charge in [-0.1, -0.05) is 23.3 Å². The average molecular weight is 515 g/mol. The van der Waals surface area contributed by atoms with Crippen molar-refractivity contribution in [1.82, 2.24) is 20.2 Å². The number of amides is 3. The van der Waals surface area contributed by atoms with Gasteiger partial charge in [0.1, 0.15) is 5.82 Å². The standard InChI is InChI=1S/C24H21F3N6O2S/c1-15-2-3-17(21(34)31-20-13-18(6-7-29-20)24(25,26)27)12-16(15)4-5-19-14-30-22(36-19)32-23(35)33-10-8-28-9-11-33/h2-3,6-7,12-14,28H,8-11H2,1H3,(H,29,31,34)(H,30,32,35). The maximum absolute atomic E-state index is 12.9. The Kier molecular flexibility index (Phi) is 7.52. The molecule has 186 valence electrons. The number of anilines is 2. The van der Waals surface area contributed by atoms with Crippen LogP contribution in [0.1, 0.15) is 31.9 Å². The van der Waals surface area contributed by atoms with Crippen molar-refractivity contribution in [3.63, 3.8) is 0 Å². The molecule has 1 saturated heterocycles. The maximum atomic E-state index is 12.9. The van der Waals surface area contributed by atoms with Crippen LogP contribution in [-0.2, 0) is 6.18 Å². The number of aryl methyl sites for hydroxylation is 1. The fourth-order valence-corrected chi connectivity index (χ4v) is 3.98. The Labute approximate surface area is 208 Å². The molecule has 1 aromatic carbocycles. The molecule has 3 amide bonds. The molecule has 1 aliphatic heterocycles. The van der Waals surface area contributed by atoms with Gasteiger partial charge in [-0.2, -0.15) is 13.2 Å². The minimum atomic E-state index is -4.54. The van der Waals surface area contributed by atoms with Crippen molar-refractivity contribution in [2.75, 3.05) is 36.8 Å². The second kappa shape index (κ2) is 10.8. The molecular weight excluding hydrogens is 493 g/mol. The van der Waals surface area contributed by atoms with E-state index in [9.17, 15) is 22.8 Å². The number of hydrogen-bond acceptors (Lipinski definition) is 6. The lowest BCUT2D eigenvalue weighted by Crippen LogP contribution is -2.48. The Balaban J connectivity index is 1.44. The van der Waals surface area contributed by atoms with Gasteiger partial charge < -0.3 is 15.5 Å². The molecule has 1 aliphatic rings. The fraction of sp³-hybridized carbons (Fsp3) is 0.250. The summed E-state index contributed by atoms with van der Waals surface area (Å²) in [5, 5.41) is 8.77. The predicted octanol–water partition coefficient (Wildman–Crippen LogP) is 3.95. The van der Waals surface area contributed by atoms with E-state index in [2.05, 4.69) is 37.8 Å². The number of pyridine rings is 1. The summed E-state index contributed by atoms with van der Waals surface area (Å²) < 4.78 is 38.7. The Bertz CT molecular complexity index is 1340. The number of halogens is 3. The highest BCUT2D eigenvalue weighted by molar-refractivity contribution is 7.16. The number of nitrogens with zero attached hydrogens (tertiary/aromatic N) is 3. The zero-order chi connectivity index (χ0) is 25.7.